The maximum absolute atomic E-state index is 12.7. The monoisotopic (exact) mass is 444 g/mol. The maximum atomic E-state index is 12.7. The van der Waals surface area contributed by atoms with E-state index >= 15 is 0 Å². The molecule has 7 nitrogen and oxygen atoms in total. The molecule has 3 aliphatic heterocycles. The highest BCUT2D eigenvalue weighted by molar-refractivity contribution is 5.89. The van der Waals surface area contributed by atoms with Crippen LogP contribution in [-0.2, 0) is 13.6 Å². The van der Waals surface area contributed by atoms with Crippen LogP contribution in [0.4, 0.5) is 11.4 Å². The molecule has 2 aromatic heterocycles. The van der Waals surface area contributed by atoms with Gasteiger partial charge in [0.2, 0.25) is 0 Å². The second-order valence-corrected chi connectivity index (χ2v) is 9.93. The fourth-order valence-corrected chi connectivity index (χ4v) is 6.00. The number of benzene rings is 1. The molecule has 7 heteroatoms. The van der Waals surface area contributed by atoms with Crippen molar-refractivity contribution in [3.63, 3.8) is 0 Å². The van der Waals surface area contributed by atoms with Gasteiger partial charge in [0.15, 0.2) is 0 Å². The standard InChI is InChI=1S/C26H32N6O/c1-17-13-30(10-9-27-17)20-6-7-21-19(11-20)15-32-18(2)14-31(16-24(21)32)23-12-25(33)29(3)26-22(23)5-4-8-28-26/h4-8,11-12,17-18,24,27H,9-10,13-16H2,1-3H3. The number of aromatic nitrogens is 2. The molecule has 3 atom stereocenters. The third kappa shape index (κ3) is 3.42. The first-order valence-electron chi connectivity index (χ1n) is 12.1. The Labute approximate surface area is 194 Å². The lowest BCUT2D eigenvalue weighted by molar-refractivity contribution is 0.134. The van der Waals surface area contributed by atoms with Gasteiger partial charge in [-0.3, -0.25) is 14.3 Å². The van der Waals surface area contributed by atoms with E-state index in [4.69, 9.17) is 0 Å². The normalized spacial score (nSPS) is 25.4. The van der Waals surface area contributed by atoms with Crippen LogP contribution in [0, 0.1) is 0 Å². The van der Waals surface area contributed by atoms with Crippen molar-refractivity contribution in [3.05, 3.63) is 64.1 Å². The van der Waals surface area contributed by atoms with Gasteiger partial charge in [0.05, 0.1) is 11.7 Å². The Morgan fingerprint density at radius 2 is 1.94 bits per heavy atom. The molecule has 0 bridgehead atoms. The average molecular weight is 445 g/mol. The summed E-state index contributed by atoms with van der Waals surface area (Å²) in [6.07, 6.45) is 1.76. The summed E-state index contributed by atoms with van der Waals surface area (Å²) in [6, 6.07) is 14.2. The molecule has 0 spiro atoms. The van der Waals surface area contributed by atoms with E-state index in [0.717, 1.165) is 56.0 Å². The number of piperazine rings is 2. The Bertz CT molecular complexity index is 1270. The summed E-state index contributed by atoms with van der Waals surface area (Å²) in [4.78, 5) is 24.7. The molecule has 33 heavy (non-hydrogen) atoms. The van der Waals surface area contributed by atoms with Crippen molar-refractivity contribution in [1.82, 2.24) is 19.8 Å². The Kier molecular flexibility index (Phi) is 4.92. The average Bonchev–Trinajstić information content (AvgIpc) is 3.20. The third-order valence-electron chi connectivity index (χ3n) is 7.73. The van der Waals surface area contributed by atoms with Gasteiger partial charge < -0.3 is 15.1 Å². The predicted molar refractivity (Wildman–Crippen MR) is 133 cm³/mol. The zero-order valence-electron chi connectivity index (χ0n) is 19.7. The molecular weight excluding hydrogens is 412 g/mol. The summed E-state index contributed by atoms with van der Waals surface area (Å²) >= 11 is 0. The minimum atomic E-state index is -0.00648. The molecule has 2 fully saturated rings. The molecule has 5 heterocycles. The fourth-order valence-electron chi connectivity index (χ4n) is 6.00. The topological polar surface area (TPSA) is 56.6 Å². The zero-order chi connectivity index (χ0) is 22.7. The van der Waals surface area contributed by atoms with Gasteiger partial charge in [0, 0.05) is 81.7 Å². The summed E-state index contributed by atoms with van der Waals surface area (Å²) in [5, 5.41) is 4.58. The highest BCUT2D eigenvalue weighted by atomic mass is 16.1. The summed E-state index contributed by atoms with van der Waals surface area (Å²) in [5.41, 5.74) is 5.98. The second kappa shape index (κ2) is 7.85. The highest BCUT2D eigenvalue weighted by Gasteiger charge is 2.39. The van der Waals surface area contributed by atoms with Crippen LogP contribution in [0.5, 0.6) is 0 Å². The van der Waals surface area contributed by atoms with E-state index in [1.165, 1.54) is 16.8 Å². The van der Waals surface area contributed by atoms with E-state index in [1.807, 2.05) is 6.07 Å². The number of hydrogen-bond donors (Lipinski definition) is 1. The zero-order valence-corrected chi connectivity index (χ0v) is 19.7. The third-order valence-corrected chi connectivity index (χ3v) is 7.73. The first-order chi connectivity index (χ1) is 16.0. The van der Waals surface area contributed by atoms with Crippen LogP contribution in [0.15, 0.2) is 47.4 Å². The van der Waals surface area contributed by atoms with Crippen molar-refractivity contribution in [2.45, 2.75) is 38.5 Å². The van der Waals surface area contributed by atoms with Gasteiger partial charge in [-0.15, -0.1) is 0 Å². The van der Waals surface area contributed by atoms with E-state index in [9.17, 15) is 4.79 Å². The number of fused-ring (bicyclic) bond motifs is 4. The minimum absolute atomic E-state index is 0.00648. The van der Waals surface area contributed by atoms with E-state index in [0.29, 0.717) is 18.1 Å². The summed E-state index contributed by atoms with van der Waals surface area (Å²) in [6.45, 7) is 10.5. The van der Waals surface area contributed by atoms with Crippen LogP contribution in [-0.4, -0.2) is 59.3 Å². The summed E-state index contributed by atoms with van der Waals surface area (Å²) < 4.78 is 1.64. The molecule has 0 aliphatic carbocycles. The molecular formula is C26H32N6O. The highest BCUT2D eigenvalue weighted by Crippen LogP contribution is 2.41. The van der Waals surface area contributed by atoms with E-state index in [1.54, 1.807) is 23.9 Å². The lowest BCUT2D eigenvalue weighted by atomic mass is 10.00. The van der Waals surface area contributed by atoms with Gasteiger partial charge in [-0.2, -0.15) is 0 Å². The van der Waals surface area contributed by atoms with Crippen molar-refractivity contribution < 1.29 is 0 Å². The molecule has 3 aromatic rings. The molecule has 1 N–H and O–H groups in total. The van der Waals surface area contributed by atoms with E-state index in [2.05, 4.69) is 63.1 Å². The van der Waals surface area contributed by atoms with Gasteiger partial charge in [-0.25, -0.2) is 4.98 Å². The Morgan fingerprint density at radius 3 is 2.79 bits per heavy atom. The van der Waals surface area contributed by atoms with Gasteiger partial charge in [-0.1, -0.05) is 6.07 Å². The second-order valence-electron chi connectivity index (χ2n) is 9.93. The van der Waals surface area contributed by atoms with Crippen LogP contribution >= 0.6 is 0 Å². The SMILES string of the molecule is CC1CN(c2ccc3c(c2)CN2C(C)CN(c4cc(=O)n(C)c5ncccc45)CC32)CCN1. The summed E-state index contributed by atoms with van der Waals surface area (Å²) in [5.74, 6) is 0. The molecule has 2 saturated heterocycles. The summed E-state index contributed by atoms with van der Waals surface area (Å²) in [7, 11) is 1.80. The first kappa shape index (κ1) is 20.7. The van der Waals surface area contributed by atoms with Crippen LogP contribution in [0.3, 0.4) is 0 Å². The number of pyridine rings is 2. The number of aryl methyl sites for hydroxylation is 1. The first-order valence-corrected chi connectivity index (χ1v) is 12.1. The molecule has 3 aliphatic rings. The van der Waals surface area contributed by atoms with Gasteiger partial charge >= 0.3 is 0 Å². The smallest absolute Gasteiger partial charge is 0.253 e. The molecule has 0 amide bonds. The number of hydrogen-bond acceptors (Lipinski definition) is 6. The van der Waals surface area contributed by atoms with Crippen molar-refractivity contribution in [3.8, 4) is 0 Å². The van der Waals surface area contributed by atoms with Crippen molar-refractivity contribution >= 4 is 22.4 Å². The Hall–Kier alpha value is -2.90. The Balaban J connectivity index is 1.34. The Morgan fingerprint density at radius 1 is 1.06 bits per heavy atom. The fraction of sp³-hybridized carbons (Fsp3) is 0.462. The molecule has 0 radical (unpaired) electrons. The lowest BCUT2D eigenvalue weighted by Gasteiger charge is -2.43. The molecule has 3 unspecified atom stereocenters. The van der Waals surface area contributed by atoms with Crippen molar-refractivity contribution in [2.24, 2.45) is 7.05 Å². The van der Waals surface area contributed by atoms with Gasteiger partial charge in [0.1, 0.15) is 5.65 Å². The number of nitrogens with zero attached hydrogens (tertiary/aromatic N) is 5. The predicted octanol–water partition coefficient (Wildman–Crippen LogP) is 2.50. The molecule has 6 rings (SSSR count). The largest absolute Gasteiger partial charge is 0.369 e. The quantitative estimate of drug-likeness (QED) is 0.656. The van der Waals surface area contributed by atoms with Gasteiger partial charge in [0.25, 0.3) is 5.56 Å². The van der Waals surface area contributed by atoms with Crippen LogP contribution < -0.4 is 20.7 Å². The number of nitrogens with one attached hydrogen (secondary N) is 1. The molecule has 0 saturated carbocycles. The maximum Gasteiger partial charge on any atom is 0.253 e. The van der Waals surface area contributed by atoms with Gasteiger partial charge in [-0.05, 0) is 49.2 Å². The minimum Gasteiger partial charge on any atom is -0.369 e. The molecule has 172 valence electrons. The number of rotatable bonds is 2. The number of anilines is 2. The van der Waals surface area contributed by atoms with Crippen LogP contribution in [0.25, 0.3) is 11.0 Å². The van der Waals surface area contributed by atoms with Crippen LogP contribution in [0.2, 0.25) is 0 Å². The molecule has 1 aromatic carbocycles. The van der Waals surface area contributed by atoms with Crippen molar-refractivity contribution in [2.75, 3.05) is 42.5 Å². The van der Waals surface area contributed by atoms with E-state index < -0.39 is 0 Å². The lowest BCUT2D eigenvalue weighted by Crippen LogP contribution is -2.51. The van der Waals surface area contributed by atoms with Crippen LogP contribution in [0.1, 0.15) is 31.0 Å². The van der Waals surface area contributed by atoms with E-state index in [-0.39, 0.29) is 5.56 Å². The van der Waals surface area contributed by atoms with Crippen molar-refractivity contribution in [1.29, 1.82) is 0 Å².